The van der Waals surface area contributed by atoms with Gasteiger partial charge in [-0.2, -0.15) is 0 Å². The molecule has 1 aromatic carbocycles. The van der Waals surface area contributed by atoms with E-state index in [2.05, 4.69) is 30.4 Å². The quantitative estimate of drug-likeness (QED) is 0.704. The minimum atomic E-state index is -0.249. The molecule has 2 aliphatic carbocycles. The summed E-state index contributed by atoms with van der Waals surface area (Å²) in [7, 11) is 0. The van der Waals surface area contributed by atoms with Gasteiger partial charge in [-0.3, -0.25) is 0 Å². The lowest BCUT2D eigenvalue weighted by molar-refractivity contribution is 0.0419. The summed E-state index contributed by atoms with van der Waals surface area (Å²) in [5, 5.41) is 3.01. The molecule has 0 bridgehead atoms. The normalized spacial score (nSPS) is 30.0. The molecule has 1 saturated carbocycles. The van der Waals surface area contributed by atoms with Crippen LogP contribution in [0.3, 0.4) is 0 Å². The molecule has 1 aromatic rings. The molecule has 4 rings (SSSR count). The Bertz CT molecular complexity index is 659. The van der Waals surface area contributed by atoms with Crippen LogP contribution in [0.15, 0.2) is 18.2 Å². The highest BCUT2D eigenvalue weighted by molar-refractivity contribution is 5.69. The topological polar surface area (TPSA) is 47.6 Å². The van der Waals surface area contributed by atoms with Crippen LogP contribution in [0.1, 0.15) is 74.5 Å². The molecule has 4 heteroatoms. The van der Waals surface area contributed by atoms with Crippen molar-refractivity contribution in [1.29, 1.82) is 0 Å². The zero-order valence-electron chi connectivity index (χ0n) is 16.5. The highest BCUT2D eigenvalue weighted by atomic mass is 16.6. The highest BCUT2D eigenvalue weighted by Crippen LogP contribution is 2.43. The maximum absolute atomic E-state index is 11.4. The van der Waals surface area contributed by atoms with Gasteiger partial charge in [-0.05, 0) is 67.1 Å². The average molecular weight is 372 g/mol. The van der Waals surface area contributed by atoms with Gasteiger partial charge in [-0.15, -0.1) is 0 Å². The Labute approximate surface area is 163 Å². The van der Waals surface area contributed by atoms with Gasteiger partial charge in [0.15, 0.2) is 0 Å². The summed E-state index contributed by atoms with van der Waals surface area (Å²) < 4.78 is 11.3. The number of rotatable bonds is 7. The number of cyclic esters (lactones) is 1. The van der Waals surface area contributed by atoms with Crippen LogP contribution < -0.4 is 5.32 Å². The third kappa shape index (κ3) is 4.31. The van der Waals surface area contributed by atoms with E-state index >= 15 is 0 Å². The monoisotopic (exact) mass is 371 g/mol. The van der Waals surface area contributed by atoms with Crippen molar-refractivity contribution in [2.24, 2.45) is 5.92 Å². The van der Waals surface area contributed by atoms with Crippen LogP contribution in [-0.2, 0) is 22.3 Å². The number of ether oxygens (including phenoxy) is 2. The predicted molar refractivity (Wildman–Crippen MR) is 106 cm³/mol. The minimum Gasteiger partial charge on any atom is -0.447 e. The summed E-state index contributed by atoms with van der Waals surface area (Å²) in [4.78, 5) is 11.4. The fourth-order valence-electron chi connectivity index (χ4n) is 5.23. The molecule has 4 atom stereocenters. The summed E-state index contributed by atoms with van der Waals surface area (Å²) in [5.41, 5.74) is 4.44. The van der Waals surface area contributed by atoms with Gasteiger partial charge in [0.25, 0.3) is 0 Å². The van der Waals surface area contributed by atoms with Gasteiger partial charge >= 0.3 is 6.09 Å². The van der Waals surface area contributed by atoms with Gasteiger partial charge in [-0.25, -0.2) is 4.79 Å². The molecule has 0 spiro atoms. The SMILES string of the molecule is CCCCCOC1CCc2cc([C@H]3CCCC3C3COC(=O)N3)ccc2C1. The molecule has 1 saturated heterocycles. The molecule has 1 amide bonds. The largest absolute Gasteiger partial charge is 0.447 e. The number of carbonyl (C=O) groups is 1. The lowest BCUT2D eigenvalue weighted by Crippen LogP contribution is -2.35. The molecule has 0 radical (unpaired) electrons. The van der Waals surface area contributed by atoms with E-state index in [4.69, 9.17) is 9.47 Å². The zero-order valence-corrected chi connectivity index (χ0v) is 16.5. The number of alkyl carbamates (subject to hydrolysis) is 1. The van der Waals surface area contributed by atoms with Gasteiger partial charge in [0, 0.05) is 6.61 Å². The van der Waals surface area contributed by atoms with Crippen molar-refractivity contribution in [3.8, 4) is 0 Å². The van der Waals surface area contributed by atoms with E-state index < -0.39 is 0 Å². The zero-order chi connectivity index (χ0) is 18.6. The first-order chi connectivity index (χ1) is 13.2. The van der Waals surface area contributed by atoms with E-state index in [1.165, 1.54) is 55.2 Å². The molecule has 27 heavy (non-hydrogen) atoms. The van der Waals surface area contributed by atoms with E-state index in [9.17, 15) is 4.79 Å². The minimum absolute atomic E-state index is 0.182. The Balaban J connectivity index is 1.39. The Hall–Kier alpha value is -1.55. The van der Waals surface area contributed by atoms with Crippen LogP contribution in [0.4, 0.5) is 4.79 Å². The molecule has 1 aliphatic heterocycles. The fraction of sp³-hybridized carbons (Fsp3) is 0.696. The van der Waals surface area contributed by atoms with Crippen LogP contribution >= 0.6 is 0 Å². The first-order valence-corrected chi connectivity index (χ1v) is 10.9. The lowest BCUT2D eigenvalue weighted by Gasteiger charge is -2.28. The third-order valence-electron chi connectivity index (χ3n) is 6.73. The average Bonchev–Trinajstić information content (AvgIpc) is 3.33. The number of hydrogen-bond acceptors (Lipinski definition) is 3. The third-order valence-corrected chi connectivity index (χ3v) is 6.73. The Kier molecular flexibility index (Phi) is 6.01. The van der Waals surface area contributed by atoms with Crippen molar-refractivity contribution >= 4 is 6.09 Å². The lowest BCUT2D eigenvalue weighted by atomic mass is 9.81. The summed E-state index contributed by atoms with van der Waals surface area (Å²) in [5.74, 6) is 1.05. The van der Waals surface area contributed by atoms with Crippen molar-refractivity contribution < 1.29 is 14.3 Å². The van der Waals surface area contributed by atoms with Crippen molar-refractivity contribution in [1.82, 2.24) is 5.32 Å². The number of nitrogens with one attached hydrogen (secondary N) is 1. The highest BCUT2D eigenvalue weighted by Gasteiger charge is 2.39. The van der Waals surface area contributed by atoms with Crippen molar-refractivity contribution in [2.75, 3.05) is 13.2 Å². The van der Waals surface area contributed by atoms with Gasteiger partial charge in [0.05, 0.1) is 12.1 Å². The van der Waals surface area contributed by atoms with E-state index in [1.54, 1.807) is 0 Å². The standard InChI is InChI=1S/C23H33NO3/c1-2-3-4-12-26-19-11-10-16-13-18(9-8-17(16)14-19)20-6-5-7-21(20)22-15-27-23(25)24-22/h8-9,13,19-22H,2-7,10-12,14-15H2,1H3,(H,24,25)/t19?,20-,21?,22?/m1/s1. The van der Waals surface area contributed by atoms with E-state index in [0.29, 0.717) is 24.5 Å². The second kappa shape index (κ2) is 8.64. The van der Waals surface area contributed by atoms with Gasteiger partial charge in [0.2, 0.25) is 0 Å². The van der Waals surface area contributed by atoms with Gasteiger partial charge in [0.1, 0.15) is 6.61 Å². The maximum Gasteiger partial charge on any atom is 0.407 e. The van der Waals surface area contributed by atoms with Crippen LogP contribution in [0.2, 0.25) is 0 Å². The summed E-state index contributed by atoms with van der Waals surface area (Å²) in [6.07, 6.45) is 10.8. The molecular weight excluding hydrogens is 338 g/mol. The Morgan fingerprint density at radius 2 is 2.11 bits per heavy atom. The summed E-state index contributed by atoms with van der Waals surface area (Å²) in [6, 6.07) is 7.30. The van der Waals surface area contributed by atoms with Crippen LogP contribution in [-0.4, -0.2) is 31.5 Å². The molecule has 148 valence electrons. The number of unbranched alkanes of at least 4 members (excludes halogenated alkanes) is 2. The van der Waals surface area contributed by atoms with E-state index in [0.717, 1.165) is 25.9 Å². The first kappa shape index (κ1) is 18.8. The van der Waals surface area contributed by atoms with Gasteiger partial charge < -0.3 is 14.8 Å². The first-order valence-electron chi connectivity index (χ1n) is 10.9. The summed E-state index contributed by atoms with van der Waals surface area (Å²) >= 11 is 0. The number of benzene rings is 1. The Morgan fingerprint density at radius 3 is 2.93 bits per heavy atom. The second-order valence-electron chi connectivity index (χ2n) is 8.52. The van der Waals surface area contributed by atoms with Crippen molar-refractivity contribution in [2.45, 2.75) is 82.8 Å². The van der Waals surface area contributed by atoms with Crippen molar-refractivity contribution in [3.05, 3.63) is 34.9 Å². The van der Waals surface area contributed by atoms with Crippen molar-refractivity contribution in [3.63, 3.8) is 0 Å². The summed E-state index contributed by atoms with van der Waals surface area (Å²) in [6.45, 7) is 3.67. The number of aryl methyl sites for hydroxylation is 1. The molecule has 2 fully saturated rings. The molecule has 3 aliphatic rings. The Morgan fingerprint density at radius 1 is 1.19 bits per heavy atom. The van der Waals surface area contributed by atoms with Crippen LogP contribution in [0, 0.1) is 5.92 Å². The smallest absolute Gasteiger partial charge is 0.407 e. The van der Waals surface area contributed by atoms with Gasteiger partial charge in [-0.1, -0.05) is 44.4 Å². The van der Waals surface area contributed by atoms with E-state index in [1.807, 2.05) is 0 Å². The molecule has 3 unspecified atom stereocenters. The van der Waals surface area contributed by atoms with Crippen LogP contribution in [0.25, 0.3) is 0 Å². The van der Waals surface area contributed by atoms with Crippen LogP contribution in [0.5, 0.6) is 0 Å². The molecule has 4 nitrogen and oxygen atoms in total. The predicted octanol–water partition coefficient (Wildman–Crippen LogP) is 4.74. The number of amides is 1. The number of fused-ring (bicyclic) bond motifs is 1. The second-order valence-corrected chi connectivity index (χ2v) is 8.52. The number of carbonyl (C=O) groups excluding carboxylic acids is 1. The molecule has 1 N–H and O–H groups in total. The maximum atomic E-state index is 11.4. The van der Waals surface area contributed by atoms with E-state index in [-0.39, 0.29) is 12.1 Å². The number of hydrogen-bond donors (Lipinski definition) is 1. The molecular formula is C23H33NO3. The fourth-order valence-corrected chi connectivity index (χ4v) is 5.23. The molecule has 0 aromatic heterocycles. The molecule has 1 heterocycles.